The molecule has 4 heterocycles. The van der Waals surface area contributed by atoms with Crippen molar-refractivity contribution < 1.29 is 13.2 Å². The summed E-state index contributed by atoms with van der Waals surface area (Å²) in [6.07, 6.45) is 3.58. The van der Waals surface area contributed by atoms with E-state index >= 15 is 0 Å². The molecule has 0 aliphatic heterocycles. The van der Waals surface area contributed by atoms with E-state index in [1.807, 2.05) is 0 Å². The molecule has 176 valence electrons. The van der Waals surface area contributed by atoms with Crippen molar-refractivity contribution >= 4 is 17.2 Å². The van der Waals surface area contributed by atoms with E-state index in [9.17, 15) is 13.6 Å². The van der Waals surface area contributed by atoms with E-state index in [1.54, 1.807) is 37.4 Å². The first-order valence-corrected chi connectivity index (χ1v) is 11.3. The fraction of sp³-hybridized carbons (Fsp3) is 0.208. The van der Waals surface area contributed by atoms with Crippen molar-refractivity contribution in [3.63, 3.8) is 0 Å². The summed E-state index contributed by atoms with van der Waals surface area (Å²) < 4.78 is 36.4. The monoisotopic (exact) mass is 494 g/mol. The average Bonchev–Trinajstić information content (AvgIpc) is 3.46. The zero-order valence-electron chi connectivity index (χ0n) is 18.4. The largest absolute Gasteiger partial charge is 0.432 e. The van der Waals surface area contributed by atoms with Crippen LogP contribution >= 0.6 is 11.6 Å². The van der Waals surface area contributed by atoms with Gasteiger partial charge in [0.1, 0.15) is 12.5 Å². The normalized spacial score (nSPS) is 13.6. The highest BCUT2D eigenvalue weighted by atomic mass is 35.5. The number of benzene rings is 1. The summed E-state index contributed by atoms with van der Waals surface area (Å²) in [6.45, 7) is 1.02. The van der Waals surface area contributed by atoms with E-state index in [2.05, 4.69) is 20.1 Å². The van der Waals surface area contributed by atoms with Crippen molar-refractivity contribution in [3.8, 4) is 28.7 Å². The topological polar surface area (TPSA) is 91.1 Å². The zero-order chi connectivity index (χ0) is 24.3. The Morgan fingerprint density at radius 3 is 2.69 bits per heavy atom. The summed E-state index contributed by atoms with van der Waals surface area (Å²) in [4.78, 5) is 26.0. The third-order valence-electron chi connectivity index (χ3n) is 5.83. The second-order valence-corrected chi connectivity index (χ2v) is 8.81. The van der Waals surface area contributed by atoms with Gasteiger partial charge >= 0.3 is 5.69 Å². The Labute approximate surface area is 201 Å². The summed E-state index contributed by atoms with van der Waals surface area (Å²) in [5.41, 5.74) is 2.17. The smallest absolute Gasteiger partial charge is 0.353 e. The molecular weight excluding hydrogens is 478 g/mol. The molecule has 1 aromatic carbocycles. The Morgan fingerprint density at radius 1 is 1.14 bits per heavy atom. The van der Waals surface area contributed by atoms with Gasteiger partial charge in [0.25, 0.3) is 0 Å². The first kappa shape index (κ1) is 21.6. The van der Waals surface area contributed by atoms with Crippen LogP contribution in [-0.2, 0) is 6.67 Å². The van der Waals surface area contributed by atoms with Crippen LogP contribution < -0.4 is 5.69 Å². The quantitative estimate of drug-likeness (QED) is 0.340. The van der Waals surface area contributed by atoms with Crippen LogP contribution in [0.2, 0.25) is 5.02 Å². The van der Waals surface area contributed by atoms with Gasteiger partial charge in [0, 0.05) is 29.4 Å². The van der Waals surface area contributed by atoms with Gasteiger partial charge in [-0.1, -0.05) is 11.6 Å². The van der Waals surface area contributed by atoms with Crippen LogP contribution in [0.25, 0.3) is 34.4 Å². The van der Waals surface area contributed by atoms with Gasteiger partial charge in [-0.15, -0.1) is 0 Å². The van der Waals surface area contributed by atoms with Crippen molar-refractivity contribution in [1.82, 2.24) is 29.1 Å². The number of hydrogen-bond acceptors (Lipinski definition) is 6. The Morgan fingerprint density at radius 2 is 1.97 bits per heavy atom. The molecule has 1 aliphatic carbocycles. The third kappa shape index (κ3) is 3.79. The van der Waals surface area contributed by atoms with Crippen molar-refractivity contribution in [2.75, 3.05) is 0 Å². The Kier molecular flexibility index (Phi) is 4.99. The van der Waals surface area contributed by atoms with E-state index in [0.717, 1.165) is 18.5 Å². The molecular formula is C24H17ClF2N6O2. The molecule has 0 atom stereocenters. The molecule has 11 heteroatoms. The van der Waals surface area contributed by atoms with Crippen LogP contribution in [0, 0.1) is 12.7 Å². The van der Waals surface area contributed by atoms with Gasteiger partial charge in [-0.25, -0.2) is 27.6 Å². The molecule has 0 radical (unpaired) electrons. The second kappa shape index (κ2) is 8.09. The molecule has 0 bridgehead atoms. The van der Waals surface area contributed by atoms with Gasteiger partial charge < -0.3 is 4.42 Å². The molecule has 5 aromatic rings. The van der Waals surface area contributed by atoms with Gasteiger partial charge in [-0.05, 0) is 50.1 Å². The summed E-state index contributed by atoms with van der Waals surface area (Å²) in [5, 5.41) is 4.34. The molecule has 1 aliphatic rings. The first-order chi connectivity index (χ1) is 16.9. The van der Waals surface area contributed by atoms with Gasteiger partial charge in [0.2, 0.25) is 5.89 Å². The maximum Gasteiger partial charge on any atom is 0.353 e. The number of alkyl halides is 1. The van der Waals surface area contributed by atoms with Crippen LogP contribution in [0.15, 0.2) is 51.8 Å². The number of oxazole rings is 1. The highest BCUT2D eigenvalue weighted by molar-refractivity contribution is 6.30. The lowest BCUT2D eigenvalue weighted by Gasteiger charge is -2.05. The highest BCUT2D eigenvalue weighted by Crippen LogP contribution is 2.38. The molecule has 4 aromatic heterocycles. The number of rotatable bonds is 5. The van der Waals surface area contributed by atoms with E-state index < -0.39 is 18.2 Å². The number of fused-ring (bicyclic) bond motifs is 1. The van der Waals surface area contributed by atoms with E-state index in [-0.39, 0.29) is 28.2 Å². The molecule has 0 spiro atoms. The molecule has 35 heavy (non-hydrogen) atoms. The van der Waals surface area contributed by atoms with Crippen LogP contribution in [0.1, 0.15) is 35.8 Å². The summed E-state index contributed by atoms with van der Waals surface area (Å²) in [5.74, 6) is -0.0492. The number of hydrogen-bond donors (Lipinski definition) is 0. The standard InChI is InChI=1S/C24H17ClF2N6O2/c1-12-8-15(11-26)33-20(28-12)10-19(31-33)23-30-22(21(35-23)14-4-5-16(25)17(27)9-14)32-7-6-18(13-2-3-13)29-24(32)34/h4-10,13H,2-3,11H2,1H3. The molecule has 0 amide bonds. The van der Waals surface area contributed by atoms with E-state index in [0.29, 0.717) is 28.5 Å². The SMILES string of the molecule is Cc1cc(CF)n2nc(-c3nc(-n4ccc(C5CC5)nc4=O)c(-c4ccc(Cl)c(F)c4)o3)cc2n1. The minimum absolute atomic E-state index is 0.0523. The average molecular weight is 495 g/mol. The minimum atomic E-state index is -0.735. The van der Waals surface area contributed by atoms with Gasteiger partial charge in [-0.2, -0.15) is 15.1 Å². The van der Waals surface area contributed by atoms with Crippen LogP contribution in [0.3, 0.4) is 0 Å². The summed E-state index contributed by atoms with van der Waals surface area (Å²) in [7, 11) is 0. The molecule has 8 nitrogen and oxygen atoms in total. The van der Waals surface area contributed by atoms with Crippen molar-refractivity contribution in [1.29, 1.82) is 0 Å². The molecule has 0 unspecified atom stereocenters. The highest BCUT2D eigenvalue weighted by Gasteiger charge is 2.27. The Hall–Kier alpha value is -3.92. The second-order valence-electron chi connectivity index (χ2n) is 8.40. The van der Waals surface area contributed by atoms with Gasteiger partial charge in [0.05, 0.1) is 16.4 Å². The molecule has 6 rings (SSSR count). The fourth-order valence-corrected chi connectivity index (χ4v) is 4.09. The number of aryl methyl sites for hydroxylation is 1. The van der Waals surface area contributed by atoms with E-state index in [1.165, 1.54) is 21.2 Å². The number of nitrogens with zero attached hydrogens (tertiary/aromatic N) is 6. The lowest BCUT2D eigenvalue weighted by Crippen LogP contribution is -2.22. The maximum atomic E-state index is 14.3. The van der Waals surface area contributed by atoms with Crippen molar-refractivity contribution in [3.05, 3.63) is 81.0 Å². The predicted molar refractivity (Wildman–Crippen MR) is 124 cm³/mol. The van der Waals surface area contributed by atoms with Gasteiger partial charge in [-0.3, -0.25) is 0 Å². The lowest BCUT2D eigenvalue weighted by molar-refractivity contribution is 0.466. The number of aromatic nitrogens is 6. The zero-order valence-corrected chi connectivity index (χ0v) is 19.1. The van der Waals surface area contributed by atoms with Crippen LogP contribution in [0.5, 0.6) is 0 Å². The van der Waals surface area contributed by atoms with E-state index in [4.69, 9.17) is 16.0 Å². The molecule has 0 N–H and O–H groups in total. The minimum Gasteiger partial charge on any atom is -0.432 e. The number of halogens is 3. The lowest BCUT2D eigenvalue weighted by atomic mass is 10.1. The summed E-state index contributed by atoms with van der Waals surface area (Å²) >= 11 is 5.85. The van der Waals surface area contributed by atoms with Crippen LogP contribution in [0.4, 0.5) is 8.78 Å². The van der Waals surface area contributed by atoms with Gasteiger partial charge in [0.15, 0.2) is 22.9 Å². The fourth-order valence-electron chi connectivity index (χ4n) is 3.97. The Bertz CT molecular complexity index is 1670. The molecule has 0 saturated heterocycles. The first-order valence-electron chi connectivity index (χ1n) is 10.9. The van der Waals surface area contributed by atoms with Crippen molar-refractivity contribution in [2.24, 2.45) is 0 Å². The molecule has 1 saturated carbocycles. The molecule has 1 fully saturated rings. The third-order valence-corrected chi connectivity index (χ3v) is 6.13. The summed E-state index contributed by atoms with van der Waals surface area (Å²) in [6, 6.07) is 9.12. The Balaban J connectivity index is 1.54. The van der Waals surface area contributed by atoms with Crippen molar-refractivity contribution in [2.45, 2.75) is 32.4 Å². The maximum absolute atomic E-state index is 14.3. The predicted octanol–water partition coefficient (Wildman–Crippen LogP) is 5.05. The van der Waals surface area contributed by atoms with Crippen LogP contribution in [-0.4, -0.2) is 29.1 Å².